The number of nitrogens with zero attached hydrogens (tertiary/aromatic N) is 1. The Morgan fingerprint density at radius 1 is 1.03 bits per heavy atom. The van der Waals surface area contributed by atoms with Crippen LogP contribution >= 0.6 is 11.6 Å². The van der Waals surface area contributed by atoms with Crippen LogP contribution in [0.4, 0.5) is 29.1 Å². The van der Waals surface area contributed by atoms with Gasteiger partial charge in [0, 0.05) is 24.2 Å². The number of nitrogens with one attached hydrogen (secondary N) is 2. The summed E-state index contributed by atoms with van der Waals surface area (Å²) >= 11 is 5.81. The first kappa shape index (κ1) is 22.4. The highest BCUT2D eigenvalue weighted by Crippen LogP contribution is 2.28. The van der Waals surface area contributed by atoms with E-state index in [4.69, 9.17) is 17.3 Å². The number of nitrogen functional groups attached to an aromatic ring is 1. The molecule has 162 valence electrons. The van der Waals surface area contributed by atoms with E-state index in [0.29, 0.717) is 0 Å². The number of carbonyl (C=O) groups excluding carboxylic acids is 1. The van der Waals surface area contributed by atoms with Crippen LogP contribution in [0.3, 0.4) is 0 Å². The lowest BCUT2D eigenvalue weighted by Crippen LogP contribution is -2.25. The summed E-state index contributed by atoms with van der Waals surface area (Å²) in [7, 11) is 0. The van der Waals surface area contributed by atoms with Crippen LogP contribution in [0.2, 0.25) is 5.02 Å². The van der Waals surface area contributed by atoms with Gasteiger partial charge in [0.15, 0.2) is 0 Å². The first-order valence-electron chi connectivity index (χ1n) is 9.13. The maximum atomic E-state index is 14.4. The summed E-state index contributed by atoms with van der Waals surface area (Å²) in [5.41, 5.74) is 5.40. The van der Waals surface area contributed by atoms with Crippen LogP contribution in [-0.2, 0) is 6.54 Å². The van der Waals surface area contributed by atoms with Crippen molar-refractivity contribution < 1.29 is 22.4 Å². The van der Waals surface area contributed by atoms with Crippen LogP contribution in [0, 0.1) is 23.3 Å². The average molecular weight is 453 g/mol. The second-order valence-corrected chi connectivity index (χ2v) is 6.86. The predicted molar refractivity (Wildman–Crippen MR) is 111 cm³/mol. The molecule has 3 rings (SSSR count). The Morgan fingerprint density at radius 3 is 2.32 bits per heavy atom. The number of carbonyl (C=O) groups is 1. The first-order chi connectivity index (χ1) is 14.7. The summed E-state index contributed by atoms with van der Waals surface area (Å²) < 4.78 is 56.3. The third kappa shape index (κ3) is 4.72. The van der Waals surface area contributed by atoms with E-state index >= 15 is 0 Å². The Morgan fingerprint density at radius 2 is 1.68 bits per heavy atom. The SMILES string of the molecule is CCNC(=O)c1c(F)cc(-c2ccc(N)c(NCc3c(F)ccc(F)c3Cl)n2)cc1F. The van der Waals surface area contributed by atoms with Crippen molar-refractivity contribution in [3.8, 4) is 11.3 Å². The van der Waals surface area contributed by atoms with Crippen LogP contribution in [0.5, 0.6) is 0 Å². The molecule has 0 saturated heterocycles. The van der Waals surface area contributed by atoms with E-state index in [-0.39, 0.29) is 46.4 Å². The van der Waals surface area contributed by atoms with Crippen LogP contribution in [0.25, 0.3) is 11.3 Å². The number of aromatic nitrogens is 1. The van der Waals surface area contributed by atoms with Crippen molar-refractivity contribution in [2.75, 3.05) is 17.6 Å². The van der Waals surface area contributed by atoms with E-state index in [9.17, 15) is 22.4 Å². The third-order valence-electron chi connectivity index (χ3n) is 4.40. The van der Waals surface area contributed by atoms with Gasteiger partial charge in [-0.05, 0) is 43.3 Å². The Bertz CT molecular complexity index is 1130. The lowest BCUT2D eigenvalue weighted by Gasteiger charge is -2.13. The molecule has 0 spiro atoms. The summed E-state index contributed by atoms with van der Waals surface area (Å²) in [4.78, 5) is 16.0. The van der Waals surface area contributed by atoms with Gasteiger partial charge in [0.05, 0.1) is 16.4 Å². The largest absolute Gasteiger partial charge is 0.396 e. The van der Waals surface area contributed by atoms with Crippen LogP contribution in [-0.4, -0.2) is 17.4 Å². The summed E-state index contributed by atoms with van der Waals surface area (Å²) in [6.45, 7) is 1.60. The molecule has 0 atom stereocenters. The molecule has 1 aromatic heterocycles. The average Bonchev–Trinajstić information content (AvgIpc) is 2.71. The summed E-state index contributed by atoms with van der Waals surface area (Å²) in [5, 5.41) is 4.70. The second-order valence-electron chi connectivity index (χ2n) is 6.48. The molecule has 5 nitrogen and oxygen atoms in total. The summed E-state index contributed by atoms with van der Waals surface area (Å²) in [6, 6.07) is 6.64. The van der Waals surface area contributed by atoms with Gasteiger partial charge in [-0.2, -0.15) is 0 Å². The molecular weight excluding hydrogens is 436 g/mol. The van der Waals surface area contributed by atoms with Crippen molar-refractivity contribution in [2.45, 2.75) is 13.5 Å². The van der Waals surface area contributed by atoms with Gasteiger partial charge in [0.2, 0.25) is 0 Å². The van der Waals surface area contributed by atoms with Crippen molar-refractivity contribution in [1.82, 2.24) is 10.3 Å². The maximum absolute atomic E-state index is 14.4. The molecule has 1 amide bonds. The Labute approximate surface area is 180 Å². The fourth-order valence-corrected chi connectivity index (χ4v) is 3.08. The number of nitrogens with two attached hydrogens (primary N) is 1. The number of hydrogen-bond acceptors (Lipinski definition) is 4. The molecule has 0 aliphatic heterocycles. The zero-order chi connectivity index (χ0) is 22.7. The molecule has 3 aromatic rings. The summed E-state index contributed by atoms with van der Waals surface area (Å²) in [5.74, 6) is -4.41. The maximum Gasteiger partial charge on any atom is 0.257 e. The van der Waals surface area contributed by atoms with Gasteiger partial charge in [0.25, 0.3) is 5.91 Å². The fraction of sp³-hybridized carbons (Fsp3) is 0.143. The van der Waals surface area contributed by atoms with E-state index < -0.39 is 34.7 Å². The Kier molecular flexibility index (Phi) is 6.65. The molecule has 0 bridgehead atoms. The minimum atomic E-state index is -1.05. The van der Waals surface area contributed by atoms with E-state index in [1.807, 2.05) is 0 Å². The van der Waals surface area contributed by atoms with Crippen molar-refractivity contribution in [3.63, 3.8) is 0 Å². The van der Waals surface area contributed by atoms with Gasteiger partial charge >= 0.3 is 0 Å². The molecule has 0 unspecified atom stereocenters. The number of rotatable bonds is 6. The highest BCUT2D eigenvalue weighted by atomic mass is 35.5. The fourth-order valence-electron chi connectivity index (χ4n) is 2.86. The molecule has 31 heavy (non-hydrogen) atoms. The lowest BCUT2D eigenvalue weighted by atomic mass is 10.1. The van der Waals surface area contributed by atoms with E-state index in [1.165, 1.54) is 12.1 Å². The molecule has 0 fully saturated rings. The van der Waals surface area contributed by atoms with Crippen molar-refractivity contribution in [1.29, 1.82) is 0 Å². The van der Waals surface area contributed by atoms with Crippen molar-refractivity contribution >= 4 is 29.0 Å². The number of halogens is 5. The highest BCUT2D eigenvalue weighted by Gasteiger charge is 2.19. The standard InChI is InChI=1S/C21H17ClF4N4O/c1-2-28-21(31)18-14(25)7-10(8-15(18)26)17-6-5-16(27)20(30-17)29-9-11-12(23)3-4-13(24)19(11)22/h3-8H,2,9,27H2,1H3,(H,28,31)(H,29,30). The van der Waals surface area contributed by atoms with Gasteiger partial charge in [-0.15, -0.1) is 0 Å². The molecule has 0 aliphatic carbocycles. The van der Waals surface area contributed by atoms with Gasteiger partial charge < -0.3 is 16.4 Å². The highest BCUT2D eigenvalue weighted by molar-refractivity contribution is 6.31. The predicted octanol–water partition coefficient (Wildman–Crippen LogP) is 4.90. The van der Waals surface area contributed by atoms with Gasteiger partial charge in [-0.3, -0.25) is 4.79 Å². The zero-order valence-electron chi connectivity index (χ0n) is 16.2. The molecular formula is C21H17ClF4N4O. The third-order valence-corrected chi connectivity index (χ3v) is 4.81. The Hall–Kier alpha value is -3.33. The number of amides is 1. The van der Waals surface area contributed by atoms with E-state index in [2.05, 4.69) is 15.6 Å². The van der Waals surface area contributed by atoms with Crippen LogP contribution in [0.15, 0.2) is 36.4 Å². The lowest BCUT2D eigenvalue weighted by molar-refractivity contribution is 0.0947. The van der Waals surface area contributed by atoms with Gasteiger partial charge in [-0.25, -0.2) is 22.5 Å². The minimum Gasteiger partial charge on any atom is -0.396 e. The van der Waals surface area contributed by atoms with Gasteiger partial charge in [0.1, 0.15) is 34.7 Å². The molecule has 2 aromatic carbocycles. The first-order valence-corrected chi connectivity index (χ1v) is 9.51. The number of anilines is 2. The molecule has 0 radical (unpaired) electrons. The molecule has 0 saturated carbocycles. The van der Waals surface area contributed by atoms with Crippen LogP contribution in [0.1, 0.15) is 22.8 Å². The summed E-state index contributed by atoms with van der Waals surface area (Å²) in [6.07, 6.45) is 0. The molecule has 1 heterocycles. The van der Waals surface area contributed by atoms with E-state index in [0.717, 1.165) is 24.3 Å². The monoisotopic (exact) mass is 452 g/mol. The zero-order valence-corrected chi connectivity index (χ0v) is 17.0. The minimum absolute atomic E-state index is 0.0565. The molecule has 0 aliphatic rings. The van der Waals surface area contributed by atoms with Crippen molar-refractivity contribution in [2.24, 2.45) is 0 Å². The second kappa shape index (κ2) is 9.22. The van der Waals surface area contributed by atoms with Crippen molar-refractivity contribution in [3.05, 3.63) is 75.8 Å². The normalized spacial score (nSPS) is 10.8. The number of hydrogen-bond donors (Lipinski definition) is 3. The topological polar surface area (TPSA) is 80.0 Å². The Balaban J connectivity index is 1.91. The van der Waals surface area contributed by atoms with Crippen LogP contribution < -0.4 is 16.4 Å². The number of pyridine rings is 1. The molecule has 4 N–H and O–H groups in total. The van der Waals surface area contributed by atoms with E-state index in [1.54, 1.807) is 6.92 Å². The smallest absolute Gasteiger partial charge is 0.257 e. The molecule has 10 heteroatoms. The number of benzene rings is 2. The van der Waals surface area contributed by atoms with Gasteiger partial charge in [-0.1, -0.05) is 11.6 Å². The quantitative estimate of drug-likeness (QED) is 0.367.